The predicted octanol–water partition coefficient (Wildman–Crippen LogP) is 6.17. The number of rotatable bonds is 4. The van der Waals surface area contributed by atoms with Crippen molar-refractivity contribution in [1.82, 2.24) is 0 Å². The van der Waals surface area contributed by atoms with Crippen LogP contribution in [-0.4, -0.2) is 0 Å². The second kappa shape index (κ2) is 7.06. The molecule has 0 fully saturated rings. The van der Waals surface area contributed by atoms with Crippen molar-refractivity contribution >= 4 is 5.69 Å². The minimum Gasteiger partial charge on any atom is -0.380 e. The molecular formula is C22H21F2N. The Balaban J connectivity index is 1.94. The third kappa shape index (κ3) is 3.71. The van der Waals surface area contributed by atoms with Crippen molar-refractivity contribution in [1.29, 1.82) is 0 Å². The fraction of sp³-hybridized carbons (Fsp3) is 0.182. The molecule has 0 atom stereocenters. The Morgan fingerprint density at radius 2 is 1.44 bits per heavy atom. The smallest absolute Gasteiger partial charge is 0.131 e. The van der Waals surface area contributed by atoms with E-state index in [1.807, 2.05) is 38.1 Å². The molecule has 3 aromatic rings. The molecule has 0 aliphatic rings. The van der Waals surface area contributed by atoms with Gasteiger partial charge in [0.15, 0.2) is 0 Å². The first-order chi connectivity index (χ1) is 12.0. The largest absolute Gasteiger partial charge is 0.380 e. The second-order valence-electron chi connectivity index (χ2n) is 6.40. The zero-order valence-corrected chi connectivity index (χ0v) is 14.7. The van der Waals surface area contributed by atoms with Crippen LogP contribution in [-0.2, 0) is 6.54 Å². The molecule has 0 unspecified atom stereocenters. The van der Waals surface area contributed by atoms with Crippen LogP contribution in [0.3, 0.4) is 0 Å². The van der Waals surface area contributed by atoms with Gasteiger partial charge in [-0.1, -0.05) is 30.3 Å². The van der Waals surface area contributed by atoms with E-state index in [2.05, 4.69) is 5.32 Å². The van der Waals surface area contributed by atoms with Crippen LogP contribution < -0.4 is 5.32 Å². The van der Waals surface area contributed by atoms with Gasteiger partial charge in [0, 0.05) is 17.8 Å². The van der Waals surface area contributed by atoms with Crippen LogP contribution in [0.15, 0.2) is 54.6 Å². The Morgan fingerprint density at radius 1 is 0.760 bits per heavy atom. The minimum absolute atomic E-state index is 0.223. The van der Waals surface area contributed by atoms with Gasteiger partial charge in [0.1, 0.15) is 11.6 Å². The molecule has 0 aliphatic carbocycles. The molecule has 0 heterocycles. The fourth-order valence-electron chi connectivity index (χ4n) is 3.08. The molecule has 0 bridgehead atoms. The topological polar surface area (TPSA) is 12.0 Å². The Morgan fingerprint density at radius 3 is 2.12 bits per heavy atom. The lowest BCUT2D eigenvalue weighted by atomic mass is 9.99. The molecule has 1 N–H and O–H groups in total. The number of hydrogen-bond donors (Lipinski definition) is 1. The summed E-state index contributed by atoms with van der Waals surface area (Å²) in [5.74, 6) is -0.520. The van der Waals surface area contributed by atoms with E-state index in [0.29, 0.717) is 17.7 Å². The van der Waals surface area contributed by atoms with Crippen molar-refractivity contribution in [3.8, 4) is 11.1 Å². The van der Waals surface area contributed by atoms with Crippen LogP contribution in [0.4, 0.5) is 14.5 Å². The number of para-hydroxylation sites is 1. The first-order valence-electron chi connectivity index (χ1n) is 8.31. The molecule has 0 spiro atoms. The van der Waals surface area contributed by atoms with Gasteiger partial charge in [-0.05, 0) is 72.9 Å². The summed E-state index contributed by atoms with van der Waals surface area (Å²) in [4.78, 5) is 0. The van der Waals surface area contributed by atoms with E-state index in [1.54, 1.807) is 25.1 Å². The molecule has 128 valence electrons. The van der Waals surface area contributed by atoms with Gasteiger partial charge in [0.2, 0.25) is 0 Å². The van der Waals surface area contributed by atoms with E-state index in [4.69, 9.17) is 0 Å². The van der Waals surface area contributed by atoms with E-state index >= 15 is 0 Å². The Labute approximate surface area is 147 Å². The lowest BCUT2D eigenvalue weighted by molar-refractivity contribution is 0.604. The Hall–Kier alpha value is -2.68. The van der Waals surface area contributed by atoms with Crippen molar-refractivity contribution < 1.29 is 8.78 Å². The first-order valence-corrected chi connectivity index (χ1v) is 8.31. The van der Waals surface area contributed by atoms with Crippen LogP contribution in [0.1, 0.15) is 22.3 Å². The molecule has 0 aromatic heterocycles. The summed E-state index contributed by atoms with van der Waals surface area (Å²) in [6.07, 6.45) is 0. The zero-order valence-electron chi connectivity index (χ0n) is 14.7. The molecule has 3 aromatic carbocycles. The number of aryl methyl sites for hydroxylation is 3. The summed E-state index contributed by atoms with van der Waals surface area (Å²) in [7, 11) is 0. The molecule has 0 saturated heterocycles. The highest BCUT2D eigenvalue weighted by Gasteiger charge is 2.11. The van der Waals surface area contributed by atoms with Gasteiger partial charge >= 0.3 is 0 Å². The summed E-state index contributed by atoms with van der Waals surface area (Å²) < 4.78 is 28.1. The fourth-order valence-corrected chi connectivity index (χ4v) is 3.08. The van der Waals surface area contributed by atoms with Crippen LogP contribution in [0, 0.1) is 32.4 Å². The average Bonchev–Trinajstić information content (AvgIpc) is 2.58. The van der Waals surface area contributed by atoms with E-state index in [1.165, 1.54) is 12.1 Å². The molecule has 1 nitrogen and oxygen atoms in total. The van der Waals surface area contributed by atoms with Gasteiger partial charge in [0.05, 0.1) is 0 Å². The van der Waals surface area contributed by atoms with Gasteiger partial charge in [-0.25, -0.2) is 8.78 Å². The SMILES string of the molecule is Cc1cc(-c2cccc(F)c2)cc(CNc2c(C)cccc2C)c1F. The second-order valence-corrected chi connectivity index (χ2v) is 6.40. The number of nitrogens with one attached hydrogen (secondary N) is 1. The Bertz CT molecular complexity index is 896. The van der Waals surface area contributed by atoms with Gasteiger partial charge in [-0.15, -0.1) is 0 Å². The van der Waals surface area contributed by atoms with Gasteiger partial charge in [0.25, 0.3) is 0 Å². The molecule has 3 rings (SSSR count). The number of benzene rings is 3. The van der Waals surface area contributed by atoms with E-state index in [0.717, 1.165) is 27.9 Å². The van der Waals surface area contributed by atoms with Crippen LogP contribution in [0.25, 0.3) is 11.1 Å². The third-order valence-electron chi connectivity index (χ3n) is 4.42. The van der Waals surface area contributed by atoms with Gasteiger partial charge in [-0.3, -0.25) is 0 Å². The molecule has 3 heteroatoms. The summed E-state index contributed by atoms with van der Waals surface area (Å²) in [6.45, 7) is 6.17. The highest BCUT2D eigenvalue weighted by atomic mass is 19.1. The normalized spacial score (nSPS) is 10.8. The maximum atomic E-state index is 14.6. The van der Waals surface area contributed by atoms with Crippen molar-refractivity contribution in [2.24, 2.45) is 0 Å². The van der Waals surface area contributed by atoms with Crippen molar-refractivity contribution in [2.75, 3.05) is 5.32 Å². The van der Waals surface area contributed by atoms with Crippen LogP contribution >= 0.6 is 0 Å². The van der Waals surface area contributed by atoms with Gasteiger partial charge in [-0.2, -0.15) is 0 Å². The maximum Gasteiger partial charge on any atom is 0.131 e. The van der Waals surface area contributed by atoms with Gasteiger partial charge < -0.3 is 5.32 Å². The van der Waals surface area contributed by atoms with Crippen molar-refractivity contribution in [3.05, 3.63) is 88.5 Å². The summed E-state index contributed by atoms with van der Waals surface area (Å²) >= 11 is 0. The number of hydrogen-bond acceptors (Lipinski definition) is 1. The monoisotopic (exact) mass is 337 g/mol. The quantitative estimate of drug-likeness (QED) is 0.600. The summed E-state index contributed by atoms with van der Waals surface area (Å²) in [5, 5.41) is 3.34. The highest BCUT2D eigenvalue weighted by molar-refractivity contribution is 5.66. The first kappa shape index (κ1) is 17.2. The molecule has 0 radical (unpaired) electrons. The molecular weight excluding hydrogens is 316 g/mol. The third-order valence-corrected chi connectivity index (χ3v) is 4.42. The number of halogens is 2. The lowest BCUT2D eigenvalue weighted by Crippen LogP contribution is -2.06. The number of anilines is 1. The average molecular weight is 337 g/mol. The summed E-state index contributed by atoms with van der Waals surface area (Å²) in [6, 6.07) is 16.0. The summed E-state index contributed by atoms with van der Waals surface area (Å²) in [5.41, 5.74) is 5.96. The molecule has 0 saturated carbocycles. The van der Waals surface area contributed by atoms with E-state index in [9.17, 15) is 8.78 Å². The lowest BCUT2D eigenvalue weighted by Gasteiger charge is -2.15. The molecule has 0 aliphatic heterocycles. The molecule has 0 amide bonds. The highest BCUT2D eigenvalue weighted by Crippen LogP contribution is 2.27. The zero-order chi connectivity index (χ0) is 18.0. The molecule has 25 heavy (non-hydrogen) atoms. The predicted molar refractivity (Wildman–Crippen MR) is 99.8 cm³/mol. The van der Waals surface area contributed by atoms with Crippen LogP contribution in [0.2, 0.25) is 0 Å². The Kier molecular flexibility index (Phi) is 4.84. The van der Waals surface area contributed by atoms with Crippen LogP contribution in [0.5, 0.6) is 0 Å². The standard InChI is InChI=1S/C22H21F2N/c1-14-6-4-7-15(2)22(14)25-13-19-11-18(10-16(3)21(19)24)17-8-5-9-20(23)12-17/h4-12,25H,13H2,1-3H3. The maximum absolute atomic E-state index is 14.6. The van der Waals surface area contributed by atoms with E-state index in [-0.39, 0.29) is 11.6 Å². The minimum atomic E-state index is -0.297. The van der Waals surface area contributed by atoms with Crippen molar-refractivity contribution in [2.45, 2.75) is 27.3 Å². The van der Waals surface area contributed by atoms with Crippen molar-refractivity contribution in [3.63, 3.8) is 0 Å². The van der Waals surface area contributed by atoms with E-state index < -0.39 is 0 Å².